The number of rotatable bonds is 24. The zero-order valence-corrected chi connectivity index (χ0v) is 34.6. The van der Waals surface area contributed by atoms with Crippen molar-refractivity contribution >= 4 is 81.1 Å². The van der Waals surface area contributed by atoms with Crippen molar-refractivity contribution in [3.63, 3.8) is 0 Å². The quantitative estimate of drug-likeness (QED) is 0.0374. The highest BCUT2D eigenvalue weighted by Crippen LogP contribution is 2.61. The van der Waals surface area contributed by atoms with Crippen molar-refractivity contribution < 1.29 is 105 Å². The van der Waals surface area contributed by atoms with Gasteiger partial charge in [0.05, 0.1) is 26.0 Å². The van der Waals surface area contributed by atoms with Crippen LogP contribution in [0.5, 0.6) is 0 Å². The Morgan fingerprint density at radius 2 is 1.65 bits per heavy atom. The van der Waals surface area contributed by atoms with Gasteiger partial charge in [-0.25, -0.2) is 28.6 Å². The number of phosphoric acid groups is 3. The molecule has 338 valence electrons. The van der Waals surface area contributed by atoms with Crippen LogP contribution in [0, 0.1) is 11.3 Å². The first-order valence-electron chi connectivity index (χ1n) is 16.8. The van der Waals surface area contributed by atoms with Crippen LogP contribution >= 0.6 is 35.2 Å². The summed E-state index contributed by atoms with van der Waals surface area (Å²) >= 11 is 0.445. The molecule has 1 aliphatic heterocycles. The minimum Gasteiger partial charge on any atom is -0.481 e. The van der Waals surface area contributed by atoms with Crippen LogP contribution in [0.15, 0.2) is 12.7 Å². The lowest BCUT2D eigenvalue weighted by atomic mass is 9.87. The van der Waals surface area contributed by atoms with Gasteiger partial charge < -0.3 is 66.2 Å². The molecule has 60 heavy (non-hydrogen) atoms. The third kappa shape index (κ3) is 14.8. The molecule has 0 radical (unpaired) electrons. The van der Waals surface area contributed by atoms with Crippen LogP contribution in [-0.2, 0) is 60.3 Å². The second-order valence-electron chi connectivity index (χ2n) is 13.2. The fourth-order valence-corrected chi connectivity index (χ4v) is 8.62. The lowest BCUT2D eigenvalue weighted by Gasteiger charge is -2.30. The summed E-state index contributed by atoms with van der Waals surface area (Å²) < 4.78 is 61.9. The number of carbonyl (C=O) groups excluding carboxylic acids is 3. The number of thioether (sulfide) groups is 1. The van der Waals surface area contributed by atoms with Gasteiger partial charge in [-0.2, -0.15) is 4.31 Å². The van der Waals surface area contributed by atoms with E-state index in [-0.39, 0.29) is 42.2 Å². The van der Waals surface area contributed by atoms with E-state index in [4.69, 9.17) is 29.7 Å². The van der Waals surface area contributed by atoms with Gasteiger partial charge in [0, 0.05) is 30.7 Å². The van der Waals surface area contributed by atoms with E-state index in [1.165, 1.54) is 13.8 Å². The molecule has 3 rings (SSSR count). The molecule has 1 aliphatic rings. The number of aliphatic hydroxyl groups is 3. The second-order valence-corrected chi connectivity index (χ2v) is 18.6. The van der Waals surface area contributed by atoms with Crippen molar-refractivity contribution in [1.82, 2.24) is 30.2 Å². The number of nitrogen functional groups attached to an aromatic ring is 1. The average Bonchev–Trinajstić information content (AvgIpc) is 3.69. The summed E-state index contributed by atoms with van der Waals surface area (Å²) in [5.74, 6) is -7.06. The zero-order chi connectivity index (χ0) is 45.4. The van der Waals surface area contributed by atoms with Crippen molar-refractivity contribution in [2.24, 2.45) is 11.3 Å². The number of carboxylic acids is 2. The zero-order valence-electron chi connectivity index (χ0n) is 31.1. The van der Waals surface area contributed by atoms with Gasteiger partial charge in [-0.3, -0.25) is 42.1 Å². The molecule has 0 aromatic carbocycles. The first kappa shape index (κ1) is 50.8. The third-order valence-corrected chi connectivity index (χ3v) is 12.1. The van der Waals surface area contributed by atoms with Crippen molar-refractivity contribution in [2.75, 3.05) is 37.8 Å². The molecule has 1 fully saturated rings. The number of aromatic nitrogens is 4. The number of carbonyl (C=O) groups is 5. The first-order valence-corrected chi connectivity index (χ1v) is 22.3. The SMILES string of the molecule is CC(C)(COP(=O)(O)OP(=O)(O)OCC1OC(n2cnc3c(N)ncnc32)C(O)C1OP(=O)(O)O)C(O)C(=O)NCCC(=O)NCCSC(=O)C(O)C(CC(=O)O)C(=O)O. The van der Waals surface area contributed by atoms with Crippen LogP contribution < -0.4 is 16.4 Å². The monoisotopic (exact) mass is 941 g/mol. The number of anilines is 1. The van der Waals surface area contributed by atoms with E-state index >= 15 is 0 Å². The predicted octanol–water partition coefficient (Wildman–Crippen LogP) is -2.80. The largest absolute Gasteiger partial charge is 0.481 e. The molecule has 3 heterocycles. The van der Waals surface area contributed by atoms with E-state index in [2.05, 4.69) is 34.4 Å². The predicted molar refractivity (Wildman–Crippen MR) is 196 cm³/mol. The summed E-state index contributed by atoms with van der Waals surface area (Å²) in [6, 6.07) is 0. The Bertz CT molecular complexity index is 2040. The molecule has 29 nitrogen and oxygen atoms in total. The minimum absolute atomic E-state index is 0.00254. The molecule has 13 N–H and O–H groups in total. The van der Waals surface area contributed by atoms with Crippen molar-refractivity contribution in [2.45, 2.75) is 63.4 Å². The number of hydrogen-bond acceptors (Lipinski definition) is 21. The molecule has 2 aromatic heterocycles. The summed E-state index contributed by atoms with van der Waals surface area (Å²) in [6.45, 7) is -0.287. The number of hydrogen-bond donors (Lipinski definition) is 12. The average molecular weight is 942 g/mol. The molecular weight excluding hydrogens is 899 g/mol. The lowest BCUT2D eigenvalue weighted by Crippen LogP contribution is -2.46. The van der Waals surface area contributed by atoms with E-state index in [9.17, 15) is 72.6 Å². The standard InChI is InChI=1S/C27H42N7O22P3S/c1-27(2,20(40)23(41)30-4-3-14(35)29-5-6-60-26(44)17(38)12(25(42)43)7-15(36)37)9-53-59(50,51)56-58(48,49)52-8-13-19(55-57(45,46)47)18(39)24(54-13)34-11-33-16-21(28)31-10-32-22(16)34/h10-13,17-20,24,38-40H,3-9H2,1-2H3,(H,29,35)(H,30,41)(H,36,37)(H,42,43)(H,48,49)(H,50,51)(H2,28,31,32)(H2,45,46,47). The molecular formula is C27H42N7O22P3S. The Morgan fingerprint density at radius 1 is 1.00 bits per heavy atom. The molecule has 2 amide bonds. The molecule has 9 atom stereocenters. The Hall–Kier alpha value is -3.54. The number of fused-ring (bicyclic) bond motifs is 1. The van der Waals surface area contributed by atoms with Gasteiger partial charge >= 0.3 is 35.4 Å². The van der Waals surface area contributed by atoms with Crippen molar-refractivity contribution in [3.8, 4) is 0 Å². The third-order valence-electron chi connectivity index (χ3n) is 8.08. The van der Waals surface area contributed by atoms with Crippen LogP contribution in [0.4, 0.5) is 5.82 Å². The van der Waals surface area contributed by atoms with Gasteiger partial charge in [0.15, 0.2) is 17.7 Å². The Kier molecular flexibility index (Phi) is 17.8. The number of nitrogens with two attached hydrogens (primary N) is 1. The van der Waals surface area contributed by atoms with Gasteiger partial charge in [-0.15, -0.1) is 0 Å². The van der Waals surface area contributed by atoms with E-state index in [1.807, 2.05) is 0 Å². The summed E-state index contributed by atoms with van der Waals surface area (Å²) in [5.41, 5.74) is 4.10. The van der Waals surface area contributed by atoms with Crippen LogP contribution in [0.2, 0.25) is 0 Å². The van der Waals surface area contributed by atoms with Crippen molar-refractivity contribution in [1.29, 1.82) is 0 Å². The summed E-state index contributed by atoms with van der Waals surface area (Å²) in [4.78, 5) is 109. The number of amides is 2. The van der Waals surface area contributed by atoms with Gasteiger partial charge in [-0.1, -0.05) is 25.6 Å². The molecule has 2 aromatic rings. The van der Waals surface area contributed by atoms with Crippen LogP contribution in [0.3, 0.4) is 0 Å². The van der Waals surface area contributed by atoms with Crippen LogP contribution in [-0.4, -0.2) is 156 Å². The first-order chi connectivity index (χ1) is 27.6. The lowest BCUT2D eigenvalue weighted by molar-refractivity contribution is -0.153. The topological polar surface area (TPSA) is 458 Å². The molecule has 9 unspecified atom stereocenters. The van der Waals surface area contributed by atoms with Gasteiger partial charge in [-0.05, 0) is 0 Å². The van der Waals surface area contributed by atoms with Crippen molar-refractivity contribution in [3.05, 3.63) is 12.7 Å². The smallest absolute Gasteiger partial charge is 0.481 e. The number of aliphatic hydroxyl groups excluding tert-OH is 3. The fourth-order valence-electron chi connectivity index (χ4n) is 5.05. The Morgan fingerprint density at radius 3 is 2.27 bits per heavy atom. The molecule has 33 heteroatoms. The Labute approximate surface area is 341 Å². The summed E-state index contributed by atoms with van der Waals surface area (Å²) in [7, 11) is -16.6. The molecule has 1 saturated heterocycles. The van der Waals surface area contributed by atoms with E-state index in [1.54, 1.807) is 0 Å². The number of phosphoric ester groups is 3. The van der Waals surface area contributed by atoms with Crippen LogP contribution in [0.1, 0.15) is 32.9 Å². The number of nitrogens with one attached hydrogen (secondary N) is 2. The normalized spacial score (nSPS) is 21.9. The summed E-state index contributed by atoms with van der Waals surface area (Å²) in [5, 5.41) is 52.7. The summed E-state index contributed by atoms with van der Waals surface area (Å²) in [6.07, 6.45) is -10.5. The number of carboxylic acid groups (broad SMARTS) is 2. The number of nitrogens with zero attached hydrogens (tertiary/aromatic N) is 4. The van der Waals surface area contributed by atoms with E-state index < -0.39 is 120 Å². The molecule has 0 spiro atoms. The maximum Gasteiger partial charge on any atom is 0.481 e. The van der Waals surface area contributed by atoms with Gasteiger partial charge in [0.2, 0.25) is 16.9 Å². The maximum atomic E-state index is 12.7. The maximum absolute atomic E-state index is 12.7. The van der Waals surface area contributed by atoms with E-state index in [0.717, 1.165) is 17.2 Å². The number of imidazole rings is 1. The van der Waals surface area contributed by atoms with Gasteiger partial charge in [0.1, 0.15) is 48.3 Å². The molecule has 0 bridgehead atoms. The highest BCUT2D eigenvalue weighted by atomic mass is 32.2. The molecule has 0 saturated carbocycles. The minimum atomic E-state index is -5.63. The fraction of sp³-hybridized carbons (Fsp3) is 0.630. The van der Waals surface area contributed by atoms with Gasteiger partial charge in [0.25, 0.3) is 0 Å². The second kappa shape index (κ2) is 21.0. The van der Waals surface area contributed by atoms with E-state index in [0.29, 0.717) is 11.8 Å². The highest BCUT2D eigenvalue weighted by molar-refractivity contribution is 8.13. The number of aliphatic carboxylic acids is 2. The Balaban J connectivity index is 1.47. The van der Waals surface area contributed by atoms with Crippen LogP contribution in [0.25, 0.3) is 11.2 Å². The molecule has 0 aliphatic carbocycles. The highest BCUT2D eigenvalue weighted by Gasteiger charge is 2.50. The number of ether oxygens (including phenoxy) is 1.